The second-order valence-electron chi connectivity index (χ2n) is 9.23. The van der Waals surface area contributed by atoms with Crippen molar-refractivity contribution < 1.29 is 18.6 Å². The molecule has 2 atom stereocenters. The first kappa shape index (κ1) is 24.6. The zero-order valence-corrected chi connectivity index (χ0v) is 20.2. The van der Waals surface area contributed by atoms with Crippen LogP contribution in [-0.4, -0.2) is 24.2 Å². The molecule has 2 heterocycles. The van der Waals surface area contributed by atoms with Gasteiger partial charge in [0.1, 0.15) is 12.4 Å². The predicted octanol–water partition coefficient (Wildman–Crippen LogP) is 6.54. The Bertz CT molecular complexity index is 1090. The molecule has 3 aromatic rings. The van der Waals surface area contributed by atoms with E-state index in [1.54, 1.807) is 19.4 Å². The summed E-state index contributed by atoms with van der Waals surface area (Å²) in [5.74, 6) is 0.605. The van der Waals surface area contributed by atoms with Gasteiger partial charge in [-0.05, 0) is 52.6 Å². The molecule has 0 spiro atoms. The van der Waals surface area contributed by atoms with Crippen LogP contribution in [-0.2, 0) is 11.3 Å². The first-order chi connectivity index (χ1) is 15.6. The predicted molar refractivity (Wildman–Crippen MR) is 128 cm³/mol. The normalized spacial score (nSPS) is 12.6. The van der Waals surface area contributed by atoms with Crippen LogP contribution in [0.25, 0.3) is 11.1 Å². The Morgan fingerprint density at radius 1 is 1.00 bits per heavy atom. The summed E-state index contributed by atoms with van der Waals surface area (Å²) in [6, 6.07) is 11.3. The molecule has 5 nitrogen and oxygen atoms in total. The van der Waals surface area contributed by atoms with Gasteiger partial charge in [0.25, 0.3) is 0 Å². The van der Waals surface area contributed by atoms with Crippen molar-refractivity contribution in [3.8, 4) is 22.9 Å². The molecule has 33 heavy (non-hydrogen) atoms. The molecule has 1 aromatic carbocycles. The zero-order chi connectivity index (χ0) is 24.2. The van der Waals surface area contributed by atoms with Crippen LogP contribution >= 0.6 is 0 Å². The lowest BCUT2D eigenvalue weighted by Gasteiger charge is -2.32. The summed E-state index contributed by atoms with van der Waals surface area (Å²) >= 11 is 0. The fourth-order valence-corrected chi connectivity index (χ4v) is 3.82. The van der Waals surface area contributed by atoms with Crippen LogP contribution in [0.15, 0.2) is 48.8 Å². The first-order valence-electron chi connectivity index (χ1n) is 10.9. The minimum absolute atomic E-state index is 0.141. The van der Waals surface area contributed by atoms with Crippen molar-refractivity contribution in [1.29, 1.82) is 0 Å². The summed E-state index contributed by atoms with van der Waals surface area (Å²) < 4.78 is 31.9. The van der Waals surface area contributed by atoms with E-state index in [4.69, 9.17) is 14.2 Å². The third-order valence-electron chi connectivity index (χ3n) is 5.46. The van der Waals surface area contributed by atoms with Gasteiger partial charge in [0, 0.05) is 31.0 Å². The lowest BCUT2D eigenvalue weighted by Crippen LogP contribution is -2.21. The van der Waals surface area contributed by atoms with E-state index in [-0.39, 0.29) is 17.4 Å². The number of nitrogens with zero attached hydrogens (tertiary/aromatic N) is 2. The van der Waals surface area contributed by atoms with E-state index >= 15 is 0 Å². The van der Waals surface area contributed by atoms with Crippen LogP contribution in [0.3, 0.4) is 0 Å². The third-order valence-corrected chi connectivity index (χ3v) is 5.46. The summed E-state index contributed by atoms with van der Waals surface area (Å²) in [5, 5.41) is 0. The Morgan fingerprint density at radius 3 is 2.39 bits per heavy atom. The van der Waals surface area contributed by atoms with Gasteiger partial charge in [-0.2, -0.15) is 0 Å². The fourth-order valence-electron chi connectivity index (χ4n) is 3.82. The SMILES string of the molecule is [CH2]C(C)c1ccnc(OCc2ccc(-c3cc(OC)ncc3F)c([C@@H](OC)C(C)(C)C)c2)c1. The molecule has 0 aliphatic heterocycles. The second kappa shape index (κ2) is 10.3. The van der Waals surface area contributed by atoms with Gasteiger partial charge in [0.2, 0.25) is 11.8 Å². The Hall–Kier alpha value is -2.99. The number of methoxy groups -OCH3 is 2. The summed E-state index contributed by atoms with van der Waals surface area (Å²) in [6.07, 6.45) is 2.62. The number of ether oxygens (including phenoxy) is 3. The smallest absolute Gasteiger partial charge is 0.213 e. The van der Waals surface area contributed by atoms with Crippen molar-refractivity contribution in [2.75, 3.05) is 14.2 Å². The van der Waals surface area contributed by atoms with Crippen LogP contribution in [0, 0.1) is 18.2 Å². The van der Waals surface area contributed by atoms with E-state index in [9.17, 15) is 4.39 Å². The van der Waals surface area contributed by atoms with Gasteiger partial charge in [0.05, 0.1) is 19.4 Å². The monoisotopic (exact) mass is 451 g/mol. The highest BCUT2D eigenvalue weighted by Gasteiger charge is 2.29. The summed E-state index contributed by atoms with van der Waals surface area (Å²) in [5.41, 5.74) is 3.77. The standard InChI is InChI=1S/C27H32FN2O3/c1-17(2)19-10-11-29-25(13-19)33-16-18-8-9-20(21-14-24(31-6)30-15-23(21)28)22(12-18)26(32-7)27(3,4)5/h8-15,17,26H,1,16H2,2-7H3/t17?,26-/m1/s1. The molecule has 1 radical (unpaired) electrons. The number of hydrogen-bond acceptors (Lipinski definition) is 5. The van der Waals surface area contributed by atoms with Crippen molar-refractivity contribution >= 4 is 0 Å². The Balaban J connectivity index is 2.01. The zero-order valence-electron chi connectivity index (χ0n) is 20.2. The maximum Gasteiger partial charge on any atom is 0.213 e. The molecule has 0 N–H and O–H groups in total. The number of hydrogen-bond donors (Lipinski definition) is 0. The molecule has 175 valence electrons. The summed E-state index contributed by atoms with van der Waals surface area (Å²) in [7, 11) is 3.18. The van der Waals surface area contributed by atoms with E-state index in [1.165, 1.54) is 13.3 Å². The lowest BCUT2D eigenvalue weighted by molar-refractivity contribution is 0.0155. The molecular weight excluding hydrogens is 419 g/mol. The molecule has 2 aromatic heterocycles. The molecule has 3 rings (SSSR count). The van der Waals surface area contributed by atoms with Gasteiger partial charge in [-0.25, -0.2) is 14.4 Å². The molecule has 0 saturated carbocycles. The maximum atomic E-state index is 14.8. The molecule has 0 fully saturated rings. The van der Waals surface area contributed by atoms with Gasteiger partial charge < -0.3 is 14.2 Å². The average Bonchev–Trinajstić information content (AvgIpc) is 2.78. The molecule has 0 amide bonds. The topological polar surface area (TPSA) is 53.5 Å². The molecule has 0 saturated heterocycles. The van der Waals surface area contributed by atoms with Gasteiger partial charge in [0.15, 0.2) is 0 Å². The van der Waals surface area contributed by atoms with Crippen LogP contribution in [0.2, 0.25) is 0 Å². The van der Waals surface area contributed by atoms with Crippen molar-refractivity contribution in [2.45, 2.75) is 46.3 Å². The van der Waals surface area contributed by atoms with E-state index in [1.807, 2.05) is 37.3 Å². The van der Waals surface area contributed by atoms with Crippen molar-refractivity contribution in [1.82, 2.24) is 9.97 Å². The number of benzene rings is 1. The largest absolute Gasteiger partial charge is 0.481 e. The number of rotatable bonds is 8. The summed E-state index contributed by atoms with van der Waals surface area (Å²) in [4.78, 5) is 8.27. The Morgan fingerprint density at radius 2 is 1.76 bits per heavy atom. The van der Waals surface area contributed by atoms with Crippen molar-refractivity contribution in [3.63, 3.8) is 0 Å². The van der Waals surface area contributed by atoms with E-state index < -0.39 is 5.82 Å². The van der Waals surface area contributed by atoms with Crippen LogP contribution in [0.5, 0.6) is 11.8 Å². The Labute approximate surface area is 196 Å². The molecule has 0 aliphatic rings. The number of halogens is 1. The molecular formula is C27H32FN2O3. The molecule has 0 bridgehead atoms. The first-order valence-corrected chi connectivity index (χ1v) is 10.9. The number of aromatic nitrogens is 2. The highest BCUT2D eigenvalue weighted by Crippen LogP contribution is 2.41. The summed E-state index contributed by atoms with van der Waals surface area (Å²) in [6.45, 7) is 12.7. The minimum Gasteiger partial charge on any atom is -0.481 e. The van der Waals surface area contributed by atoms with Crippen molar-refractivity contribution in [3.05, 3.63) is 78.2 Å². The van der Waals surface area contributed by atoms with Crippen LogP contribution < -0.4 is 9.47 Å². The van der Waals surface area contributed by atoms with Gasteiger partial charge in [-0.3, -0.25) is 0 Å². The third kappa shape index (κ3) is 5.88. The molecule has 6 heteroatoms. The van der Waals surface area contributed by atoms with E-state index in [0.29, 0.717) is 23.9 Å². The maximum absolute atomic E-state index is 14.8. The lowest BCUT2D eigenvalue weighted by atomic mass is 9.81. The Kier molecular flexibility index (Phi) is 7.69. The fraction of sp³-hybridized carbons (Fsp3) is 0.370. The number of pyridine rings is 2. The minimum atomic E-state index is -0.423. The van der Waals surface area contributed by atoms with Crippen LogP contribution in [0.4, 0.5) is 4.39 Å². The van der Waals surface area contributed by atoms with E-state index in [0.717, 1.165) is 22.3 Å². The van der Waals surface area contributed by atoms with Crippen molar-refractivity contribution in [2.24, 2.45) is 5.41 Å². The molecule has 1 unspecified atom stereocenters. The highest BCUT2D eigenvalue weighted by atomic mass is 19.1. The van der Waals surface area contributed by atoms with Crippen LogP contribution in [0.1, 0.15) is 56.4 Å². The molecule has 0 aliphatic carbocycles. The van der Waals surface area contributed by atoms with Gasteiger partial charge >= 0.3 is 0 Å². The van der Waals surface area contributed by atoms with Gasteiger partial charge in [-0.15, -0.1) is 0 Å². The quantitative estimate of drug-likeness (QED) is 0.389. The van der Waals surface area contributed by atoms with E-state index in [2.05, 4.69) is 37.7 Å². The van der Waals surface area contributed by atoms with Gasteiger partial charge in [-0.1, -0.05) is 39.8 Å². The average molecular weight is 452 g/mol. The second-order valence-corrected chi connectivity index (χ2v) is 9.23. The highest BCUT2D eigenvalue weighted by molar-refractivity contribution is 5.70.